The molecule has 2 atom stereocenters. The van der Waals surface area contributed by atoms with Crippen LogP contribution >= 0.6 is 0 Å². The first-order valence-electron chi connectivity index (χ1n) is 8.12. The van der Waals surface area contributed by atoms with Crippen molar-refractivity contribution in [2.75, 3.05) is 6.73 Å². The van der Waals surface area contributed by atoms with Crippen LogP contribution in [-0.2, 0) is 20.8 Å². The molecule has 24 heavy (non-hydrogen) atoms. The summed E-state index contributed by atoms with van der Waals surface area (Å²) >= 11 is 0. The van der Waals surface area contributed by atoms with Crippen LogP contribution in [0.3, 0.4) is 0 Å². The number of carbonyl (C=O) groups excluding carboxylic acids is 2. The van der Waals surface area contributed by atoms with Gasteiger partial charge in [0.2, 0.25) is 5.91 Å². The van der Waals surface area contributed by atoms with Gasteiger partial charge < -0.3 is 14.8 Å². The lowest BCUT2D eigenvalue weighted by atomic mass is 10.1. The highest BCUT2D eigenvalue weighted by Crippen LogP contribution is 2.21. The molecule has 0 aliphatic carbocycles. The van der Waals surface area contributed by atoms with Crippen molar-refractivity contribution in [2.24, 2.45) is 0 Å². The zero-order valence-electron chi connectivity index (χ0n) is 15.0. The maximum atomic E-state index is 12.6. The zero-order valence-corrected chi connectivity index (χ0v) is 15.0. The molecule has 1 N–H and O–H groups in total. The molecule has 0 unspecified atom stereocenters. The fourth-order valence-corrected chi connectivity index (χ4v) is 2.56. The number of hydrogen-bond acceptors (Lipinski definition) is 4. The van der Waals surface area contributed by atoms with E-state index >= 15 is 0 Å². The summed E-state index contributed by atoms with van der Waals surface area (Å²) in [5.74, 6) is -0.242. The Balaban J connectivity index is 2.03. The number of benzene rings is 1. The number of nitrogens with one attached hydrogen (secondary N) is 1. The van der Waals surface area contributed by atoms with Crippen LogP contribution in [0.15, 0.2) is 24.3 Å². The maximum Gasteiger partial charge on any atom is 0.412 e. The second-order valence-corrected chi connectivity index (χ2v) is 7.04. The Kier molecular flexibility index (Phi) is 5.49. The maximum absolute atomic E-state index is 12.6. The van der Waals surface area contributed by atoms with E-state index in [1.54, 1.807) is 27.7 Å². The Hall–Kier alpha value is -2.08. The Morgan fingerprint density at radius 1 is 1.33 bits per heavy atom. The minimum atomic E-state index is -0.691. The average molecular weight is 334 g/mol. The van der Waals surface area contributed by atoms with Gasteiger partial charge in [-0.05, 0) is 45.7 Å². The van der Waals surface area contributed by atoms with Crippen molar-refractivity contribution in [3.8, 4) is 0 Å². The number of amides is 2. The van der Waals surface area contributed by atoms with Gasteiger partial charge in [0, 0.05) is 6.54 Å². The first-order valence-corrected chi connectivity index (χ1v) is 8.12. The van der Waals surface area contributed by atoms with Crippen LogP contribution in [0.2, 0.25) is 0 Å². The molecule has 0 bridgehead atoms. The van der Waals surface area contributed by atoms with Gasteiger partial charge in [-0.3, -0.25) is 9.69 Å². The molecule has 2 rings (SSSR count). The van der Waals surface area contributed by atoms with E-state index in [0.717, 1.165) is 11.1 Å². The predicted molar refractivity (Wildman–Crippen MR) is 90.3 cm³/mol. The highest BCUT2D eigenvalue weighted by molar-refractivity contribution is 5.86. The number of rotatable bonds is 3. The molecule has 0 saturated carbocycles. The van der Waals surface area contributed by atoms with Gasteiger partial charge in [-0.2, -0.15) is 0 Å². The molecule has 0 spiro atoms. The first kappa shape index (κ1) is 18.3. The molecule has 6 heteroatoms. The molecular weight excluding hydrogens is 308 g/mol. The summed E-state index contributed by atoms with van der Waals surface area (Å²) in [5.41, 5.74) is 1.53. The second-order valence-electron chi connectivity index (χ2n) is 7.04. The van der Waals surface area contributed by atoms with Crippen molar-refractivity contribution in [2.45, 2.75) is 58.9 Å². The number of ether oxygens (including phenoxy) is 2. The Morgan fingerprint density at radius 3 is 2.62 bits per heavy atom. The summed E-state index contributed by atoms with van der Waals surface area (Å²) in [5, 5.41) is 2.89. The largest absolute Gasteiger partial charge is 0.444 e. The summed E-state index contributed by atoms with van der Waals surface area (Å²) in [6.07, 6.45) is -0.919. The van der Waals surface area contributed by atoms with E-state index in [2.05, 4.69) is 5.32 Å². The lowest BCUT2D eigenvalue weighted by Crippen LogP contribution is -2.50. The second kappa shape index (κ2) is 7.21. The molecule has 1 aromatic carbocycles. The predicted octanol–water partition coefficient (Wildman–Crippen LogP) is 2.59. The Morgan fingerprint density at radius 2 is 2.00 bits per heavy atom. The molecule has 0 aromatic heterocycles. The van der Waals surface area contributed by atoms with Crippen molar-refractivity contribution in [1.29, 1.82) is 0 Å². The van der Waals surface area contributed by atoms with Crippen molar-refractivity contribution < 1.29 is 19.1 Å². The lowest BCUT2D eigenvalue weighted by Gasteiger charge is -2.27. The van der Waals surface area contributed by atoms with Gasteiger partial charge in [0.15, 0.2) is 0 Å². The lowest BCUT2D eigenvalue weighted by molar-refractivity contribution is -0.126. The van der Waals surface area contributed by atoms with Gasteiger partial charge >= 0.3 is 6.09 Å². The standard InChI is InChI=1S/C18H26N2O4/c1-12-8-6-7-9-14(12)10-19-16(21)15-13(2)23-11-20(15)17(22)24-18(3,4)5/h6-9,13,15H,10-11H2,1-5H3,(H,19,21)/t13-,15+/m1/s1. The van der Waals surface area contributed by atoms with Crippen LogP contribution in [0.5, 0.6) is 0 Å². The fourth-order valence-electron chi connectivity index (χ4n) is 2.56. The minimum absolute atomic E-state index is 0.0541. The molecule has 2 amide bonds. The van der Waals surface area contributed by atoms with Crippen molar-refractivity contribution in [3.05, 3.63) is 35.4 Å². The van der Waals surface area contributed by atoms with E-state index in [1.165, 1.54) is 4.90 Å². The smallest absolute Gasteiger partial charge is 0.412 e. The van der Waals surface area contributed by atoms with E-state index in [1.807, 2.05) is 31.2 Å². The van der Waals surface area contributed by atoms with E-state index < -0.39 is 17.7 Å². The molecule has 1 heterocycles. The van der Waals surface area contributed by atoms with Crippen LogP contribution in [0.1, 0.15) is 38.8 Å². The van der Waals surface area contributed by atoms with Crippen LogP contribution in [-0.4, -0.2) is 41.4 Å². The SMILES string of the molecule is Cc1ccccc1CNC(=O)[C@@H]1[C@@H](C)OCN1C(=O)OC(C)(C)C. The molecule has 0 radical (unpaired) electrons. The van der Waals surface area contributed by atoms with Crippen LogP contribution in [0.4, 0.5) is 4.79 Å². The van der Waals surface area contributed by atoms with Gasteiger partial charge in [-0.15, -0.1) is 0 Å². The Labute approximate surface area is 143 Å². The van der Waals surface area contributed by atoms with Crippen LogP contribution in [0.25, 0.3) is 0 Å². The average Bonchev–Trinajstić information content (AvgIpc) is 2.86. The van der Waals surface area contributed by atoms with Crippen LogP contribution in [0, 0.1) is 6.92 Å². The van der Waals surface area contributed by atoms with E-state index in [-0.39, 0.29) is 18.7 Å². The van der Waals surface area contributed by atoms with Crippen molar-refractivity contribution >= 4 is 12.0 Å². The minimum Gasteiger partial charge on any atom is -0.444 e. The molecule has 132 valence electrons. The summed E-state index contributed by atoms with van der Waals surface area (Å²) in [6.45, 7) is 9.61. The summed E-state index contributed by atoms with van der Waals surface area (Å²) in [4.78, 5) is 26.2. The normalized spacial score (nSPS) is 20.8. The quantitative estimate of drug-likeness (QED) is 0.922. The van der Waals surface area contributed by atoms with Gasteiger partial charge in [0.05, 0.1) is 6.10 Å². The number of carbonyl (C=O) groups is 2. The molecular formula is C18H26N2O4. The monoisotopic (exact) mass is 334 g/mol. The highest BCUT2D eigenvalue weighted by atomic mass is 16.6. The van der Waals surface area contributed by atoms with Crippen molar-refractivity contribution in [3.63, 3.8) is 0 Å². The molecule has 1 saturated heterocycles. The molecule has 6 nitrogen and oxygen atoms in total. The van der Waals surface area contributed by atoms with E-state index in [0.29, 0.717) is 6.54 Å². The summed E-state index contributed by atoms with van der Waals surface area (Å²) < 4.78 is 10.8. The molecule has 1 aromatic rings. The van der Waals surface area contributed by atoms with Gasteiger partial charge in [-0.1, -0.05) is 24.3 Å². The highest BCUT2D eigenvalue weighted by Gasteiger charge is 2.42. The Bertz CT molecular complexity index is 609. The van der Waals surface area contributed by atoms with Gasteiger partial charge in [-0.25, -0.2) is 4.79 Å². The molecule has 1 fully saturated rings. The van der Waals surface area contributed by atoms with Gasteiger partial charge in [0.1, 0.15) is 18.4 Å². The number of aryl methyl sites for hydroxylation is 1. The van der Waals surface area contributed by atoms with E-state index in [4.69, 9.17) is 9.47 Å². The third-order valence-corrected chi connectivity index (χ3v) is 3.87. The summed E-state index contributed by atoms with van der Waals surface area (Å²) in [7, 11) is 0. The molecule has 1 aliphatic rings. The number of hydrogen-bond donors (Lipinski definition) is 1. The van der Waals surface area contributed by atoms with Crippen LogP contribution < -0.4 is 5.32 Å². The topological polar surface area (TPSA) is 67.9 Å². The molecule has 1 aliphatic heterocycles. The third-order valence-electron chi connectivity index (χ3n) is 3.87. The van der Waals surface area contributed by atoms with E-state index in [9.17, 15) is 9.59 Å². The zero-order chi connectivity index (χ0) is 17.9. The van der Waals surface area contributed by atoms with Crippen molar-refractivity contribution in [1.82, 2.24) is 10.2 Å². The van der Waals surface area contributed by atoms with Gasteiger partial charge in [0.25, 0.3) is 0 Å². The third kappa shape index (κ3) is 4.47. The summed E-state index contributed by atoms with van der Waals surface area (Å²) in [6, 6.07) is 7.16. The first-order chi connectivity index (χ1) is 11.2. The number of nitrogens with zero attached hydrogens (tertiary/aromatic N) is 1. The fraction of sp³-hybridized carbons (Fsp3) is 0.556.